The molecule has 1 saturated heterocycles. The number of anilines is 2. The van der Waals surface area contributed by atoms with Gasteiger partial charge >= 0.3 is 6.03 Å². The van der Waals surface area contributed by atoms with E-state index in [9.17, 15) is 4.79 Å². The summed E-state index contributed by atoms with van der Waals surface area (Å²) >= 11 is 1.62. The maximum Gasteiger partial charge on any atom is 0.324 e. The number of nitrogens with one attached hydrogen (secondary N) is 1. The summed E-state index contributed by atoms with van der Waals surface area (Å²) in [5.74, 6) is 1.11. The van der Waals surface area contributed by atoms with E-state index < -0.39 is 0 Å². The monoisotopic (exact) mass is 346 g/mol. The van der Waals surface area contributed by atoms with Crippen LogP contribution < -0.4 is 10.2 Å². The van der Waals surface area contributed by atoms with Crippen molar-refractivity contribution in [3.8, 4) is 0 Å². The minimum absolute atomic E-state index is 0.0353. The Morgan fingerprint density at radius 3 is 2.79 bits per heavy atom. The first-order chi connectivity index (χ1) is 11.4. The molecule has 1 N–H and O–H groups in total. The molecule has 1 aliphatic heterocycles. The highest BCUT2D eigenvalue weighted by Crippen LogP contribution is 2.32. The average Bonchev–Trinajstić information content (AvgIpc) is 3.14. The number of hydrogen-bond donors (Lipinski definition) is 1. The lowest BCUT2D eigenvalue weighted by molar-refractivity contribution is 0.206. The van der Waals surface area contributed by atoms with Crippen molar-refractivity contribution in [1.82, 2.24) is 19.9 Å². The quantitative estimate of drug-likeness (QED) is 0.925. The summed E-state index contributed by atoms with van der Waals surface area (Å²) in [6, 6.07) is 1.75. The van der Waals surface area contributed by atoms with Crippen molar-refractivity contribution in [3.05, 3.63) is 27.8 Å². The highest BCUT2D eigenvalue weighted by molar-refractivity contribution is 7.09. The number of nitrogens with zero attached hydrogens (tertiary/aromatic N) is 5. The second kappa shape index (κ2) is 6.72. The van der Waals surface area contributed by atoms with Gasteiger partial charge in [-0.1, -0.05) is 0 Å². The largest absolute Gasteiger partial charge is 0.363 e. The number of hydrogen-bond acceptors (Lipinski definition) is 6. The van der Waals surface area contributed by atoms with Gasteiger partial charge in [0.05, 0.1) is 16.7 Å². The Morgan fingerprint density at radius 1 is 1.33 bits per heavy atom. The minimum atomic E-state index is -0.168. The molecule has 1 fully saturated rings. The van der Waals surface area contributed by atoms with Crippen LogP contribution in [-0.4, -0.2) is 46.5 Å². The van der Waals surface area contributed by atoms with Gasteiger partial charge in [-0.05, 0) is 26.7 Å². The fraction of sp³-hybridized carbons (Fsp3) is 0.500. The Labute approximate surface area is 145 Å². The molecule has 0 aromatic carbocycles. The van der Waals surface area contributed by atoms with Gasteiger partial charge in [0.2, 0.25) is 5.95 Å². The van der Waals surface area contributed by atoms with E-state index in [1.54, 1.807) is 11.3 Å². The fourth-order valence-corrected chi connectivity index (χ4v) is 3.51. The van der Waals surface area contributed by atoms with Crippen molar-refractivity contribution >= 4 is 29.1 Å². The Kier molecular flexibility index (Phi) is 4.66. The van der Waals surface area contributed by atoms with Gasteiger partial charge in [-0.15, -0.1) is 11.3 Å². The number of aryl methyl sites for hydroxylation is 2. The first kappa shape index (κ1) is 16.6. The van der Waals surface area contributed by atoms with E-state index >= 15 is 0 Å². The third kappa shape index (κ3) is 3.48. The predicted molar refractivity (Wildman–Crippen MR) is 95.6 cm³/mol. The molecule has 1 atom stereocenters. The SMILES string of the molecule is Cc1cc(N(C)C)nc(NC(=O)N2CCC[C@@H]2c2csc(C)n2)n1. The number of amides is 2. The highest BCUT2D eigenvalue weighted by atomic mass is 32.1. The molecule has 0 spiro atoms. The van der Waals surface area contributed by atoms with Crippen LogP contribution >= 0.6 is 11.3 Å². The van der Waals surface area contributed by atoms with Gasteiger partial charge < -0.3 is 9.80 Å². The summed E-state index contributed by atoms with van der Waals surface area (Å²) in [6.45, 7) is 4.59. The number of likely N-dealkylation sites (tertiary alicyclic amines) is 1. The summed E-state index contributed by atoms with van der Waals surface area (Å²) in [5, 5.41) is 5.90. The van der Waals surface area contributed by atoms with Crippen molar-refractivity contribution in [2.75, 3.05) is 30.9 Å². The van der Waals surface area contributed by atoms with E-state index in [2.05, 4.69) is 20.3 Å². The molecular formula is C16H22N6OS. The van der Waals surface area contributed by atoms with E-state index in [0.29, 0.717) is 5.95 Å². The van der Waals surface area contributed by atoms with Gasteiger partial charge in [-0.25, -0.2) is 14.8 Å². The molecule has 0 radical (unpaired) electrons. The first-order valence-corrected chi connectivity index (χ1v) is 8.84. The predicted octanol–water partition coefficient (Wildman–Crippen LogP) is 2.98. The van der Waals surface area contributed by atoms with Gasteiger partial charge in [0.25, 0.3) is 0 Å². The summed E-state index contributed by atoms with van der Waals surface area (Å²) in [5.41, 5.74) is 1.79. The van der Waals surface area contributed by atoms with Gasteiger partial charge in [0, 0.05) is 37.8 Å². The van der Waals surface area contributed by atoms with Crippen LogP contribution in [0.25, 0.3) is 0 Å². The third-order valence-corrected chi connectivity index (χ3v) is 4.80. The summed E-state index contributed by atoms with van der Waals surface area (Å²) in [7, 11) is 3.82. The molecule has 8 heteroatoms. The Bertz CT molecular complexity index is 744. The highest BCUT2D eigenvalue weighted by Gasteiger charge is 2.32. The van der Waals surface area contributed by atoms with Crippen molar-refractivity contribution in [2.45, 2.75) is 32.7 Å². The maximum atomic E-state index is 12.7. The number of carbonyl (C=O) groups excluding carboxylic acids is 1. The van der Waals surface area contributed by atoms with Crippen molar-refractivity contribution in [1.29, 1.82) is 0 Å². The number of urea groups is 1. The lowest BCUT2D eigenvalue weighted by Crippen LogP contribution is -2.35. The van der Waals surface area contributed by atoms with E-state index in [0.717, 1.165) is 41.6 Å². The average molecular weight is 346 g/mol. The van der Waals surface area contributed by atoms with E-state index in [1.165, 1.54) is 0 Å². The number of carbonyl (C=O) groups is 1. The lowest BCUT2D eigenvalue weighted by Gasteiger charge is -2.23. The Balaban J connectivity index is 1.77. The molecule has 2 aromatic rings. The second-order valence-electron chi connectivity index (χ2n) is 6.16. The van der Waals surface area contributed by atoms with Crippen molar-refractivity contribution < 1.29 is 4.79 Å². The smallest absolute Gasteiger partial charge is 0.324 e. The van der Waals surface area contributed by atoms with Crippen LogP contribution in [0.3, 0.4) is 0 Å². The zero-order chi connectivity index (χ0) is 17.3. The van der Waals surface area contributed by atoms with Crippen LogP contribution in [-0.2, 0) is 0 Å². The van der Waals surface area contributed by atoms with Gasteiger partial charge in [0.15, 0.2) is 0 Å². The van der Waals surface area contributed by atoms with Crippen LogP contribution in [0.1, 0.15) is 35.3 Å². The van der Waals surface area contributed by atoms with Gasteiger partial charge in [-0.2, -0.15) is 4.98 Å². The number of aromatic nitrogens is 3. The standard InChI is InChI=1S/C16H22N6OS/c1-10-8-14(21(3)4)19-15(17-10)20-16(23)22-7-5-6-13(22)12-9-24-11(2)18-12/h8-9,13H,5-7H2,1-4H3,(H,17,19,20,23)/t13-/m1/s1. The second-order valence-corrected chi connectivity index (χ2v) is 7.22. The lowest BCUT2D eigenvalue weighted by atomic mass is 10.2. The molecule has 7 nitrogen and oxygen atoms in total. The molecule has 3 rings (SSSR count). The molecule has 0 aliphatic carbocycles. The van der Waals surface area contributed by atoms with Crippen LogP contribution in [0.15, 0.2) is 11.4 Å². The fourth-order valence-electron chi connectivity index (χ4n) is 2.85. The van der Waals surface area contributed by atoms with Gasteiger partial charge in [0.1, 0.15) is 5.82 Å². The van der Waals surface area contributed by atoms with Gasteiger partial charge in [-0.3, -0.25) is 5.32 Å². The molecule has 0 saturated carbocycles. The molecule has 1 aliphatic rings. The zero-order valence-corrected chi connectivity index (χ0v) is 15.2. The molecule has 3 heterocycles. The zero-order valence-electron chi connectivity index (χ0n) is 14.4. The first-order valence-electron chi connectivity index (χ1n) is 7.96. The minimum Gasteiger partial charge on any atom is -0.363 e. The molecule has 2 amide bonds. The van der Waals surface area contributed by atoms with Crippen LogP contribution in [0.2, 0.25) is 0 Å². The molecule has 0 unspecified atom stereocenters. The van der Waals surface area contributed by atoms with E-state index in [1.807, 2.05) is 49.2 Å². The van der Waals surface area contributed by atoms with Crippen molar-refractivity contribution in [2.24, 2.45) is 0 Å². The molecule has 24 heavy (non-hydrogen) atoms. The summed E-state index contributed by atoms with van der Waals surface area (Å²) < 4.78 is 0. The van der Waals surface area contributed by atoms with Crippen LogP contribution in [0, 0.1) is 13.8 Å². The molecule has 128 valence electrons. The normalized spacial score (nSPS) is 17.2. The van der Waals surface area contributed by atoms with E-state index in [-0.39, 0.29) is 12.1 Å². The molecular weight excluding hydrogens is 324 g/mol. The Morgan fingerprint density at radius 2 is 2.12 bits per heavy atom. The molecule has 0 bridgehead atoms. The van der Waals surface area contributed by atoms with Crippen LogP contribution in [0.4, 0.5) is 16.6 Å². The van der Waals surface area contributed by atoms with Crippen molar-refractivity contribution in [3.63, 3.8) is 0 Å². The van der Waals surface area contributed by atoms with Crippen LogP contribution in [0.5, 0.6) is 0 Å². The molecule has 2 aromatic heterocycles. The maximum absolute atomic E-state index is 12.7. The third-order valence-electron chi connectivity index (χ3n) is 4.01. The van der Waals surface area contributed by atoms with E-state index in [4.69, 9.17) is 0 Å². The topological polar surface area (TPSA) is 74.2 Å². The number of rotatable bonds is 3. The number of thiazole rings is 1. The summed E-state index contributed by atoms with van der Waals surface area (Å²) in [4.78, 5) is 29.7. The summed E-state index contributed by atoms with van der Waals surface area (Å²) in [6.07, 6.45) is 1.92. The Hall–Kier alpha value is -2.22.